The van der Waals surface area contributed by atoms with Gasteiger partial charge in [-0.3, -0.25) is 5.10 Å². The van der Waals surface area contributed by atoms with E-state index in [9.17, 15) is 0 Å². The SMILES string of the molecule is COC1(c2cccc(-c3cn[nH]c3N)c2)CC1. The number of rotatable bonds is 3. The zero-order chi connectivity index (χ0) is 11.9. The first kappa shape index (κ1) is 10.4. The first-order valence-electron chi connectivity index (χ1n) is 5.70. The van der Waals surface area contributed by atoms with Crippen LogP contribution in [0.5, 0.6) is 0 Å². The van der Waals surface area contributed by atoms with Crippen molar-refractivity contribution in [2.24, 2.45) is 0 Å². The van der Waals surface area contributed by atoms with E-state index < -0.39 is 0 Å². The van der Waals surface area contributed by atoms with Crippen LogP contribution in [0.1, 0.15) is 18.4 Å². The molecule has 1 heterocycles. The number of H-pyrrole nitrogens is 1. The quantitative estimate of drug-likeness (QED) is 0.848. The lowest BCUT2D eigenvalue weighted by Gasteiger charge is -2.14. The van der Waals surface area contributed by atoms with Gasteiger partial charge in [0, 0.05) is 12.7 Å². The Labute approximate surface area is 99.8 Å². The molecule has 4 nitrogen and oxygen atoms in total. The molecule has 0 unspecified atom stereocenters. The van der Waals surface area contributed by atoms with Crippen LogP contribution in [0.25, 0.3) is 11.1 Å². The molecule has 88 valence electrons. The molecule has 4 heteroatoms. The molecule has 0 radical (unpaired) electrons. The minimum Gasteiger partial charge on any atom is -0.384 e. The summed E-state index contributed by atoms with van der Waals surface area (Å²) in [6.45, 7) is 0. The normalized spacial score (nSPS) is 17.0. The van der Waals surface area contributed by atoms with Crippen LogP contribution < -0.4 is 5.73 Å². The van der Waals surface area contributed by atoms with E-state index in [-0.39, 0.29) is 5.60 Å². The second-order valence-corrected chi connectivity index (χ2v) is 4.48. The topological polar surface area (TPSA) is 63.9 Å². The van der Waals surface area contributed by atoms with Crippen molar-refractivity contribution in [3.63, 3.8) is 0 Å². The number of hydrogen-bond acceptors (Lipinski definition) is 3. The van der Waals surface area contributed by atoms with Crippen molar-refractivity contribution in [1.29, 1.82) is 0 Å². The number of aromatic nitrogens is 2. The Hall–Kier alpha value is -1.81. The molecule has 0 aliphatic heterocycles. The maximum absolute atomic E-state index is 5.83. The van der Waals surface area contributed by atoms with Gasteiger partial charge in [0.15, 0.2) is 0 Å². The van der Waals surface area contributed by atoms with Crippen molar-refractivity contribution >= 4 is 5.82 Å². The van der Waals surface area contributed by atoms with E-state index >= 15 is 0 Å². The highest BCUT2D eigenvalue weighted by Gasteiger charge is 2.44. The molecule has 1 aromatic heterocycles. The molecule has 0 atom stereocenters. The van der Waals surface area contributed by atoms with E-state index in [1.54, 1.807) is 13.3 Å². The van der Waals surface area contributed by atoms with E-state index in [2.05, 4.69) is 22.3 Å². The van der Waals surface area contributed by atoms with E-state index in [0.29, 0.717) is 5.82 Å². The Morgan fingerprint density at radius 3 is 2.82 bits per heavy atom. The predicted octanol–water partition coefficient (Wildman–Crippen LogP) is 2.29. The number of aromatic amines is 1. The summed E-state index contributed by atoms with van der Waals surface area (Å²) in [5, 5.41) is 6.70. The summed E-state index contributed by atoms with van der Waals surface area (Å²) in [6.07, 6.45) is 3.93. The fourth-order valence-corrected chi connectivity index (χ4v) is 2.22. The molecule has 0 amide bonds. The van der Waals surface area contributed by atoms with Crippen LogP contribution in [0, 0.1) is 0 Å². The van der Waals surface area contributed by atoms with E-state index in [4.69, 9.17) is 10.5 Å². The third-order valence-corrected chi connectivity index (χ3v) is 3.46. The number of anilines is 1. The predicted molar refractivity (Wildman–Crippen MR) is 66.4 cm³/mol. The van der Waals surface area contributed by atoms with Gasteiger partial charge < -0.3 is 10.5 Å². The van der Waals surface area contributed by atoms with Crippen LogP contribution in [0.15, 0.2) is 30.5 Å². The summed E-state index contributed by atoms with van der Waals surface area (Å²) in [4.78, 5) is 0. The maximum atomic E-state index is 5.83. The van der Waals surface area contributed by atoms with Gasteiger partial charge in [0.25, 0.3) is 0 Å². The van der Waals surface area contributed by atoms with Crippen molar-refractivity contribution in [2.75, 3.05) is 12.8 Å². The Bertz CT molecular complexity index is 543. The molecule has 17 heavy (non-hydrogen) atoms. The molecule has 3 N–H and O–H groups in total. The molecule has 0 spiro atoms. The molecule has 2 aromatic rings. The third kappa shape index (κ3) is 1.61. The number of hydrogen-bond donors (Lipinski definition) is 2. The lowest BCUT2D eigenvalue weighted by molar-refractivity contribution is 0.0789. The lowest BCUT2D eigenvalue weighted by atomic mass is 10.0. The lowest BCUT2D eigenvalue weighted by Crippen LogP contribution is -2.08. The average Bonchev–Trinajstić information content (AvgIpc) is 3.06. The van der Waals surface area contributed by atoms with Crippen molar-refractivity contribution in [1.82, 2.24) is 10.2 Å². The van der Waals surface area contributed by atoms with Gasteiger partial charge in [0.05, 0.1) is 11.8 Å². The Balaban J connectivity index is 2.03. The van der Waals surface area contributed by atoms with Crippen LogP contribution in [0.2, 0.25) is 0 Å². The Kier molecular flexibility index (Phi) is 2.19. The van der Waals surface area contributed by atoms with Crippen molar-refractivity contribution in [3.8, 4) is 11.1 Å². The second-order valence-electron chi connectivity index (χ2n) is 4.48. The first-order chi connectivity index (χ1) is 8.25. The van der Waals surface area contributed by atoms with Gasteiger partial charge in [-0.1, -0.05) is 18.2 Å². The maximum Gasteiger partial charge on any atom is 0.126 e. The largest absolute Gasteiger partial charge is 0.384 e. The standard InChI is InChI=1S/C13H15N3O/c1-17-13(5-6-13)10-4-2-3-9(7-10)11-8-15-16-12(11)14/h2-4,7-8H,5-6H2,1H3,(H3,14,15,16). The molecule has 1 fully saturated rings. The zero-order valence-corrected chi connectivity index (χ0v) is 9.73. The highest BCUT2D eigenvalue weighted by molar-refractivity contribution is 5.73. The molecule has 0 saturated heterocycles. The zero-order valence-electron chi connectivity index (χ0n) is 9.73. The van der Waals surface area contributed by atoms with Gasteiger partial charge in [-0.15, -0.1) is 0 Å². The number of methoxy groups -OCH3 is 1. The van der Waals surface area contributed by atoms with Crippen LogP contribution >= 0.6 is 0 Å². The molecule has 1 aliphatic carbocycles. The van der Waals surface area contributed by atoms with E-state index in [1.165, 1.54) is 5.56 Å². The van der Waals surface area contributed by atoms with Crippen LogP contribution in [-0.4, -0.2) is 17.3 Å². The summed E-state index contributed by atoms with van der Waals surface area (Å²) in [5.41, 5.74) is 9.01. The molecule has 0 bridgehead atoms. The van der Waals surface area contributed by atoms with Gasteiger partial charge in [-0.2, -0.15) is 5.10 Å². The van der Waals surface area contributed by atoms with Crippen LogP contribution in [-0.2, 0) is 10.3 Å². The Morgan fingerprint density at radius 2 is 2.24 bits per heavy atom. The summed E-state index contributed by atoms with van der Waals surface area (Å²) >= 11 is 0. The molecule has 1 aliphatic rings. The number of ether oxygens (including phenoxy) is 1. The molecular weight excluding hydrogens is 214 g/mol. The molecule has 3 rings (SSSR count). The number of benzene rings is 1. The van der Waals surface area contributed by atoms with Gasteiger partial charge in [0.2, 0.25) is 0 Å². The van der Waals surface area contributed by atoms with Crippen LogP contribution in [0.4, 0.5) is 5.82 Å². The first-order valence-corrected chi connectivity index (χ1v) is 5.70. The molecule has 1 aromatic carbocycles. The van der Waals surface area contributed by atoms with Gasteiger partial charge in [-0.05, 0) is 30.0 Å². The third-order valence-electron chi connectivity index (χ3n) is 3.46. The average molecular weight is 229 g/mol. The highest BCUT2D eigenvalue weighted by atomic mass is 16.5. The Morgan fingerprint density at radius 1 is 1.41 bits per heavy atom. The summed E-state index contributed by atoms with van der Waals surface area (Å²) in [7, 11) is 1.77. The fourth-order valence-electron chi connectivity index (χ4n) is 2.22. The van der Waals surface area contributed by atoms with Crippen molar-refractivity contribution < 1.29 is 4.74 Å². The summed E-state index contributed by atoms with van der Waals surface area (Å²) in [5.74, 6) is 0.601. The second kappa shape index (κ2) is 3.60. The van der Waals surface area contributed by atoms with Crippen molar-refractivity contribution in [2.45, 2.75) is 18.4 Å². The summed E-state index contributed by atoms with van der Waals surface area (Å²) < 4.78 is 5.58. The van der Waals surface area contributed by atoms with Crippen LogP contribution in [0.3, 0.4) is 0 Å². The van der Waals surface area contributed by atoms with Gasteiger partial charge >= 0.3 is 0 Å². The number of nitrogens with zero attached hydrogens (tertiary/aromatic N) is 1. The number of nitrogens with one attached hydrogen (secondary N) is 1. The molecular formula is C13H15N3O. The van der Waals surface area contributed by atoms with E-state index in [1.807, 2.05) is 12.1 Å². The minimum absolute atomic E-state index is 0.0610. The minimum atomic E-state index is -0.0610. The molecule has 1 saturated carbocycles. The smallest absolute Gasteiger partial charge is 0.126 e. The van der Waals surface area contributed by atoms with Gasteiger partial charge in [-0.25, -0.2) is 0 Å². The number of nitrogen functional groups attached to an aromatic ring is 1. The van der Waals surface area contributed by atoms with Crippen molar-refractivity contribution in [3.05, 3.63) is 36.0 Å². The monoisotopic (exact) mass is 229 g/mol. The highest BCUT2D eigenvalue weighted by Crippen LogP contribution is 2.49. The van der Waals surface area contributed by atoms with E-state index in [0.717, 1.165) is 24.0 Å². The van der Waals surface area contributed by atoms with Gasteiger partial charge in [0.1, 0.15) is 5.82 Å². The summed E-state index contributed by atoms with van der Waals surface area (Å²) in [6, 6.07) is 8.32. The fraction of sp³-hybridized carbons (Fsp3) is 0.308. The number of nitrogens with two attached hydrogens (primary N) is 1.